The second-order valence-corrected chi connectivity index (χ2v) is 5.78. The van der Waals surface area contributed by atoms with Crippen LogP contribution in [0, 0.1) is 5.92 Å². The quantitative estimate of drug-likeness (QED) is 0.828. The number of nitrogens with zero attached hydrogens (tertiary/aromatic N) is 1. The van der Waals surface area contributed by atoms with Crippen molar-refractivity contribution in [3.05, 3.63) is 23.9 Å². The molecule has 104 valence electrons. The lowest BCUT2D eigenvalue weighted by atomic mass is 9.98. The van der Waals surface area contributed by atoms with Gasteiger partial charge in [0.25, 0.3) is 5.91 Å². The van der Waals surface area contributed by atoms with Gasteiger partial charge in [0.1, 0.15) is 11.5 Å². The van der Waals surface area contributed by atoms with Gasteiger partial charge in [-0.2, -0.15) is 0 Å². The SMILES string of the molecule is CCCNc1cccc(C(=O)NC(C)(C)C2CC2)n1. The van der Waals surface area contributed by atoms with Crippen LogP contribution in [0.4, 0.5) is 5.82 Å². The Hall–Kier alpha value is -1.58. The third-order valence-electron chi connectivity index (χ3n) is 3.57. The molecule has 1 fully saturated rings. The van der Waals surface area contributed by atoms with Gasteiger partial charge in [-0.25, -0.2) is 4.98 Å². The molecule has 0 atom stereocenters. The van der Waals surface area contributed by atoms with Crippen molar-refractivity contribution >= 4 is 11.7 Å². The molecule has 1 saturated carbocycles. The highest BCUT2D eigenvalue weighted by atomic mass is 16.2. The summed E-state index contributed by atoms with van der Waals surface area (Å²) in [6.45, 7) is 7.14. The zero-order chi connectivity index (χ0) is 13.9. The Bertz CT molecular complexity index is 452. The predicted octanol–water partition coefficient (Wildman–Crippen LogP) is 2.82. The number of hydrogen-bond acceptors (Lipinski definition) is 3. The molecule has 0 spiro atoms. The van der Waals surface area contributed by atoms with E-state index in [1.54, 1.807) is 6.07 Å². The summed E-state index contributed by atoms with van der Waals surface area (Å²) >= 11 is 0. The predicted molar refractivity (Wildman–Crippen MR) is 77.3 cm³/mol. The maximum atomic E-state index is 12.2. The van der Waals surface area contributed by atoms with E-state index < -0.39 is 0 Å². The van der Waals surface area contributed by atoms with E-state index in [9.17, 15) is 4.79 Å². The first-order chi connectivity index (χ1) is 9.03. The van der Waals surface area contributed by atoms with Crippen LogP contribution < -0.4 is 10.6 Å². The summed E-state index contributed by atoms with van der Waals surface area (Å²) in [5, 5.41) is 6.29. The summed E-state index contributed by atoms with van der Waals surface area (Å²) in [5.41, 5.74) is 0.348. The van der Waals surface area contributed by atoms with E-state index in [1.807, 2.05) is 12.1 Å². The fourth-order valence-corrected chi connectivity index (χ4v) is 2.18. The minimum absolute atomic E-state index is 0.0861. The van der Waals surface area contributed by atoms with Crippen molar-refractivity contribution in [1.29, 1.82) is 0 Å². The molecule has 1 aromatic rings. The Kier molecular flexibility index (Phi) is 4.08. The fraction of sp³-hybridized carbons (Fsp3) is 0.600. The van der Waals surface area contributed by atoms with Crippen LogP contribution in [-0.4, -0.2) is 23.0 Å². The Labute approximate surface area is 115 Å². The van der Waals surface area contributed by atoms with Gasteiger partial charge in [0, 0.05) is 12.1 Å². The number of amides is 1. The molecule has 4 heteroatoms. The lowest BCUT2D eigenvalue weighted by Gasteiger charge is -2.25. The summed E-state index contributed by atoms with van der Waals surface area (Å²) in [7, 11) is 0. The third kappa shape index (κ3) is 3.69. The van der Waals surface area contributed by atoms with Crippen molar-refractivity contribution in [3.8, 4) is 0 Å². The fourth-order valence-electron chi connectivity index (χ4n) is 2.18. The van der Waals surface area contributed by atoms with Crippen molar-refractivity contribution in [1.82, 2.24) is 10.3 Å². The molecule has 0 aliphatic heterocycles. The molecule has 1 aliphatic rings. The Morgan fingerprint density at radius 1 is 1.42 bits per heavy atom. The number of hydrogen-bond donors (Lipinski definition) is 2. The van der Waals surface area contributed by atoms with Crippen LogP contribution in [0.1, 0.15) is 50.5 Å². The van der Waals surface area contributed by atoms with Crippen molar-refractivity contribution in [2.75, 3.05) is 11.9 Å². The second kappa shape index (κ2) is 5.59. The van der Waals surface area contributed by atoms with E-state index in [0.717, 1.165) is 18.8 Å². The smallest absolute Gasteiger partial charge is 0.270 e. The largest absolute Gasteiger partial charge is 0.370 e. The number of carbonyl (C=O) groups excluding carboxylic acids is 1. The average molecular weight is 261 g/mol. The van der Waals surface area contributed by atoms with Crippen molar-refractivity contribution in [3.63, 3.8) is 0 Å². The van der Waals surface area contributed by atoms with E-state index in [-0.39, 0.29) is 11.4 Å². The lowest BCUT2D eigenvalue weighted by Crippen LogP contribution is -2.45. The van der Waals surface area contributed by atoms with Gasteiger partial charge in [0.15, 0.2) is 0 Å². The van der Waals surface area contributed by atoms with Gasteiger partial charge in [0.2, 0.25) is 0 Å². The highest BCUT2D eigenvalue weighted by molar-refractivity contribution is 5.93. The molecule has 1 aromatic heterocycles. The van der Waals surface area contributed by atoms with Crippen LogP contribution in [0.2, 0.25) is 0 Å². The van der Waals surface area contributed by atoms with Gasteiger partial charge in [-0.3, -0.25) is 4.79 Å². The first kappa shape index (κ1) is 13.8. The maximum absolute atomic E-state index is 12.2. The van der Waals surface area contributed by atoms with E-state index in [0.29, 0.717) is 11.6 Å². The van der Waals surface area contributed by atoms with Crippen LogP contribution in [0.3, 0.4) is 0 Å². The number of carbonyl (C=O) groups is 1. The van der Waals surface area contributed by atoms with Gasteiger partial charge in [-0.1, -0.05) is 13.0 Å². The molecule has 2 rings (SSSR count). The first-order valence-corrected chi connectivity index (χ1v) is 7.06. The van der Waals surface area contributed by atoms with Gasteiger partial charge in [-0.05, 0) is 51.2 Å². The topological polar surface area (TPSA) is 54.0 Å². The summed E-state index contributed by atoms with van der Waals surface area (Å²) in [6, 6.07) is 5.51. The van der Waals surface area contributed by atoms with Crippen molar-refractivity contribution in [2.45, 2.75) is 45.6 Å². The molecule has 0 unspecified atom stereocenters. The minimum atomic E-state index is -0.133. The third-order valence-corrected chi connectivity index (χ3v) is 3.57. The van der Waals surface area contributed by atoms with E-state index in [1.165, 1.54) is 12.8 Å². The molecule has 4 nitrogen and oxygen atoms in total. The number of aromatic nitrogens is 1. The van der Waals surface area contributed by atoms with Crippen LogP contribution in [0.15, 0.2) is 18.2 Å². The molecule has 0 saturated heterocycles. The highest BCUT2D eigenvalue weighted by Crippen LogP contribution is 2.39. The average Bonchev–Trinajstić information content (AvgIpc) is 3.20. The second-order valence-electron chi connectivity index (χ2n) is 5.78. The van der Waals surface area contributed by atoms with Crippen molar-refractivity contribution in [2.24, 2.45) is 5.92 Å². The summed E-state index contributed by atoms with van der Waals surface area (Å²) < 4.78 is 0. The molecule has 0 aromatic carbocycles. The number of nitrogens with one attached hydrogen (secondary N) is 2. The minimum Gasteiger partial charge on any atom is -0.370 e. The van der Waals surface area contributed by atoms with Gasteiger partial charge < -0.3 is 10.6 Å². The van der Waals surface area contributed by atoms with Crippen LogP contribution in [0.5, 0.6) is 0 Å². The Balaban J connectivity index is 2.02. The zero-order valence-corrected chi connectivity index (χ0v) is 12.0. The van der Waals surface area contributed by atoms with Crippen molar-refractivity contribution < 1.29 is 4.79 Å². The Morgan fingerprint density at radius 3 is 2.79 bits per heavy atom. The molecule has 19 heavy (non-hydrogen) atoms. The van der Waals surface area contributed by atoms with E-state index >= 15 is 0 Å². The molecule has 1 amide bonds. The molecule has 1 aliphatic carbocycles. The number of rotatable bonds is 6. The van der Waals surface area contributed by atoms with Gasteiger partial charge in [0.05, 0.1) is 0 Å². The zero-order valence-electron chi connectivity index (χ0n) is 12.0. The first-order valence-electron chi connectivity index (χ1n) is 7.06. The standard InChI is InChI=1S/C15H23N3O/c1-4-10-16-13-7-5-6-12(17-13)14(19)18-15(2,3)11-8-9-11/h5-7,11H,4,8-10H2,1-3H3,(H,16,17)(H,18,19). The van der Waals surface area contributed by atoms with Crippen LogP contribution >= 0.6 is 0 Å². The van der Waals surface area contributed by atoms with Crippen LogP contribution in [-0.2, 0) is 0 Å². The van der Waals surface area contributed by atoms with Crippen LogP contribution in [0.25, 0.3) is 0 Å². The summed E-state index contributed by atoms with van der Waals surface area (Å²) in [4.78, 5) is 16.6. The number of pyridine rings is 1. The summed E-state index contributed by atoms with van der Waals surface area (Å²) in [5.74, 6) is 1.29. The molecule has 0 bridgehead atoms. The summed E-state index contributed by atoms with van der Waals surface area (Å²) in [6.07, 6.45) is 3.45. The van der Waals surface area contributed by atoms with Gasteiger partial charge >= 0.3 is 0 Å². The molecule has 2 N–H and O–H groups in total. The highest BCUT2D eigenvalue weighted by Gasteiger charge is 2.38. The van der Waals surface area contributed by atoms with E-state index in [4.69, 9.17) is 0 Å². The molecular formula is C15H23N3O. The Morgan fingerprint density at radius 2 is 2.16 bits per heavy atom. The van der Waals surface area contributed by atoms with Gasteiger partial charge in [-0.15, -0.1) is 0 Å². The maximum Gasteiger partial charge on any atom is 0.270 e. The molecule has 1 heterocycles. The number of anilines is 1. The molecular weight excluding hydrogens is 238 g/mol. The molecule has 0 radical (unpaired) electrons. The lowest BCUT2D eigenvalue weighted by molar-refractivity contribution is 0.0898. The monoisotopic (exact) mass is 261 g/mol. The normalized spacial score (nSPS) is 15.1. The van der Waals surface area contributed by atoms with E-state index in [2.05, 4.69) is 36.4 Å².